The second-order valence-electron chi connectivity index (χ2n) is 7.32. The smallest absolute Gasteiger partial charge is 0.161 e. The summed E-state index contributed by atoms with van der Waals surface area (Å²) in [5.41, 5.74) is 2.93. The van der Waals surface area contributed by atoms with Crippen LogP contribution in [-0.4, -0.2) is 43.8 Å². The highest BCUT2D eigenvalue weighted by Gasteiger charge is 2.40. The first-order valence-corrected chi connectivity index (χ1v) is 9.70. The number of nitrogens with zero attached hydrogens (tertiary/aromatic N) is 1. The third-order valence-corrected chi connectivity index (χ3v) is 5.95. The zero-order valence-corrected chi connectivity index (χ0v) is 15.0. The molecule has 4 rings (SSSR count). The highest BCUT2D eigenvalue weighted by molar-refractivity contribution is 5.49. The summed E-state index contributed by atoms with van der Waals surface area (Å²) in [5.74, 6) is 2.67. The molecule has 0 unspecified atom stereocenters. The summed E-state index contributed by atoms with van der Waals surface area (Å²) < 4.78 is 11.7. The lowest BCUT2D eigenvalue weighted by Crippen LogP contribution is -2.54. The molecule has 1 aromatic rings. The Balaban J connectivity index is 1.65. The lowest BCUT2D eigenvalue weighted by molar-refractivity contribution is 0.0549. The minimum atomic E-state index is 0.537. The van der Waals surface area contributed by atoms with Crippen molar-refractivity contribution < 1.29 is 9.47 Å². The van der Waals surface area contributed by atoms with E-state index in [4.69, 9.17) is 9.47 Å². The molecule has 24 heavy (non-hydrogen) atoms. The van der Waals surface area contributed by atoms with Crippen molar-refractivity contribution in [3.05, 3.63) is 23.3 Å². The van der Waals surface area contributed by atoms with Gasteiger partial charge in [0, 0.05) is 25.2 Å². The Labute approximate surface area is 145 Å². The van der Waals surface area contributed by atoms with Gasteiger partial charge in [-0.1, -0.05) is 0 Å². The Bertz CT molecular complexity index is 589. The van der Waals surface area contributed by atoms with Gasteiger partial charge in [0.2, 0.25) is 0 Å². The van der Waals surface area contributed by atoms with Gasteiger partial charge in [-0.3, -0.25) is 4.90 Å². The number of benzene rings is 1. The van der Waals surface area contributed by atoms with Crippen LogP contribution in [-0.2, 0) is 6.42 Å². The Morgan fingerprint density at radius 3 is 2.75 bits per heavy atom. The molecule has 3 aliphatic rings. The van der Waals surface area contributed by atoms with E-state index in [1.165, 1.54) is 50.0 Å². The normalized spacial score (nSPS) is 29.3. The van der Waals surface area contributed by atoms with Gasteiger partial charge in [0.25, 0.3) is 0 Å². The minimum Gasteiger partial charge on any atom is -0.490 e. The Hall–Kier alpha value is -1.26. The number of hydrogen-bond acceptors (Lipinski definition) is 4. The summed E-state index contributed by atoms with van der Waals surface area (Å²) in [7, 11) is 0. The fourth-order valence-corrected chi connectivity index (χ4v) is 4.85. The predicted octanol–water partition coefficient (Wildman–Crippen LogP) is 3.16. The van der Waals surface area contributed by atoms with Crippen molar-refractivity contribution in [1.29, 1.82) is 0 Å². The van der Waals surface area contributed by atoms with Crippen molar-refractivity contribution in [3.8, 4) is 11.5 Å². The molecule has 0 amide bonds. The van der Waals surface area contributed by atoms with Gasteiger partial charge >= 0.3 is 0 Å². The number of fused-ring (bicyclic) bond motifs is 4. The highest BCUT2D eigenvalue weighted by Crippen LogP contribution is 2.44. The van der Waals surface area contributed by atoms with E-state index in [0.29, 0.717) is 25.3 Å². The maximum Gasteiger partial charge on any atom is 0.161 e. The molecular formula is C20H30N2O2. The molecule has 0 saturated carbocycles. The number of ether oxygens (including phenoxy) is 2. The Kier molecular flexibility index (Phi) is 4.68. The number of rotatable bonds is 4. The molecule has 0 aliphatic carbocycles. The van der Waals surface area contributed by atoms with Crippen molar-refractivity contribution in [2.24, 2.45) is 5.92 Å². The van der Waals surface area contributed by atoms with Gasteiger partial charge in [-0.05, 0) is 75.3 Å². The number of piperidine rings is 2. The number of hydrogen-bond donors (Lipinski definition) is 1. The van der Waals surface area contributed by atoms with Crippen LogP contribution in [0.1, 0.15) is 50.3 Å². The van der Waals surface area contributed by atoms with E-state index in [2.05, 4.69) is 22.3 Å². The maximum atomic E-state index is 5.88. The maximum absolute atomic E-state index is 5.88. The standard InChI is InChI=1S/C20H30N2O2/c1-3-23-19-10-14-7-9-22-13-15-6-5-8-21-17(15)12-18(22)16(14)11-20(19)24-4-2/h10-11,15,17-18,21H,3-9,12-13H2,1-2H3/t15-,17+,18-/m1/s1. The SMILES string of the molecule is CCOc1cc2c(cc1OCC)[C@H]1C[C@@H]3NCCC[C@@H]3CN1CC2. The molecule has 4 heteroatoms. The Morgan fingerprint density at radius 2 is 1.96 bits per heavy atom. The van der Waals surface area contributed by atoms with Gasteiger partial charge in [-0.2, -0.15) is 0 Å². The molecule has 4 nitrogen and oxygen atoms in total. The van der Waals surface area contributed by atoms with E-state index in [-0.39, 0.29) is 0 Å². The predicted molar refractivity (Wildman–Crippen MR) is 95.9 cm³/mol. The van der Waals surface area contributed by atoms with Crippen LogP contribution < -0.4 is 14.8 Å². The lowest BCUT2D eigenvalue weighted by Gasteiger charge is -2.49. The molecule has 132 valence electrons. The van der Waals surface area contributed by atoms with Gasteiger partial charge in [-0.15, -0.1) is 0 Å². The van der Waals surface area contributed by atoms with Crippen LogP contribution in [0.25, 0.3) is 0 Å². The Morgan fingerprint density at radius 1 is 1.17 bits per heavy atom. The molecule has 3 atom stereocenters. The lowest BCUT2D eigenvalue weighted by atomic mass is 9.77. The van der Waals surface area contributed by atoms with Crippen LogP contribution >= 0.6 is 0 Å². The first-order valence-electron chi connectivity index (χ1n) is 9.70. The molecule has 3 aliphatic heterocycles. The molecule has 0 aromatic heterocycles. The van der Waals surface area contributed by atoms with E-state index < -0.39 is 0 Å². The van der Waals surface area contributed by atoms with Crippen LogP contribution in [0.4, 0.5) is 0 Å². The zero-order valence-electron chi connectivity index (χ0n) is 15.0. The summed E-state index contributed by atoms with van der Waals surface area (Å²) in [5, 5.41) is 3.77. The molecular weight excluding hydrogens is 300 g/mol. The molecule has 0 bridgehead atoms. The molecule has 1 aromatic carbocycles. The van der Waals surface area contributed by atoms with E-state index in [9.17, 15) is 0 Å². The van der Waals surface area contributed by atoms with Crippen molar-refractivity contribution in [2.75, 3.05) is 32.8 Å². The molecule has 1 N–H and O–H groups in total. The number of nitrogens with one attached hydrogen (secondary N) is 1. The van der Waals surface area contributed by atoms with Crippen molar-refractivity contribution in [1.82, 2.24) is 10.2 Å². The van der Waals surface area contributed by atoms with E-state index in [1.54, 1.807) is 0 Å². The first-order chi connectivity index (χ1) is 11.8. The summed E-state index contributed by atoms with van der Waals surface area (Å²) >= 11 is 0. The molecule has 3 heterocycles. The quantitative estimate of drug-likeness (QED) is 0.919. The molecule has 2 fully saturated rings. The van der Waals surface area contributed by atoms with Crippen molar-refractivity contribution in [2.45, 2.75) is 51.6 Å². The second kappa shape index (κ2) is 6.93. The monoisotopic (exact) mass is 330 g/mol. The molecule has 0 radical (unpaired) electrons. The molecule has 0 spiro atoms. The molecule has 2 saturated heterocycles. The largest absolute Gasteiger partial charge is 0.490 e. The summed E-state index contributed by atoms with van der Waals surface area (Å²) in [4.78, 5) is 2.71. The van der Waals surface area contributed by atoms with Crippen LogP contribution in [0.3, 0.4) is 0 Å². The summed E-state index contributed by atoms with van der Waals surface area (Å²) in [6, 6.07) is 5.73. The first kappa shape index (κ1) is 16.2. The van der Waals surface area contributed by atoms with Crippen LogP contribution in [0.2, 0.25) is 0 Å². The summed E-state index contributed by atoms with van der Waals surface area (Å²) in [6.07, 6.45) is 5.09. The van der Waals surface area contributed by atoms with Gasteiger partial charge in [0.1, 0.15) is 0 Å². The van der Waals surface area contributed by atoms with E-state index in [1.807, 2.05) is 13.8 Å². The average Bonchev–Trinajstić information content (AvgIpc) is 2.61. The fraction of sp³-hybridized carbons (Fsp3) is 0.700. The van der Waals surface area contributed by atoms with Crippen LogP contribution in [0, 0.1) is 5.92 Å². The third-order valence-electron chi connectivity index (χ3n) is 5.95. The minimum absolute atomic E-state index is 0.537. The van der Waals surface area contributed by atoms with Crippen LogP contribution in [0.5, 0.6) is 11.5 Å². The second-order valence-corrected chi connectivity index (χ2v) is 7.32. The average molecular weight is 330 g/mol. The zero-order chi connectivity index (χ0) is 16.5. The van der Waals surface area contributed by atoms with Gasteiger partial charge in [0.05, 0.1) is 13.2 Å². The van der Waals surface area contributed by atoms with E-state index in [0.717, 1.165) is 23.8 Å². The van der Waals surface area contributed by atoms with Gasteiger partial charge < -0.3 is 14.8 Å². The summed E-state index contributed by atoms with van der Waals surface area (Å²) in [6.45, 7) is 9.06. The van der Waals surface area contributed by atoms with E-state index >= 15 is 0 Å². The van der Waals surface area contributed by atoms with Gasteiger partial charge in [-0.25, -0.2) is 0 Å². The van der Waals surface area contributed by atoms with Crippen molar-refractivity contribution >= 4 is 0 Å². The highest BCUT2D eigenvalue weighted by atomic mass is 16.5. The van der Waals surface area contributed by atoms with Gasteiger partial charge in [0.15, 0.2) is 11.5 Å². The van der Waals surface area contributed by atoms with Crippen molar-refractivity contribution in [3.63, 3.8) is 0 Å². The van der Waals surface area contributed by atoms with Crippen LogP contribution in [0.15, 0.2) is 12.1 Å². The fourth-order valence-electron chi connectivity index (χ4n) is 4.85. The third kappa shape index (κ3) is 2.91. The topological polar surface area (TPSA) is 33.7 Å².